The van der Waals surface area contributed by atoms with Crippen LogP contribution in [0.25, 0.3) is 0 Å². The number of esters is 1. The zero-order valence-electron chi connectivity index (χ0n) is 18.7. The first kappa shape index (κ1) is 26.2. The van der Waals surface area contributed by atoms with Crippen molar-refractivity contribution < 1.29 is 36.3 Å². The second kappa shape index (κ2) is 10.5. The van der Waals surface area contributed by atoms with Crippen molar-refractivity contribution in [2.24, 2.45) is 7.05 Å². The Hall–Kier alpha value is -3.41. The van der Waals surface area contributed by atoms with Gasteiger partial charge in [0.25, 0.3) is 12.3 Å². The number of hydrogen-bond donors (Lipinski definition) is 1. The highest BCUT2D eigenvalue weighted by atomic mass is 32.2. The molecular weight excluding hydrogens is 493 g/mol. The Bertz CT molecular complexity index is 1230. The fraction of sp³-hybridized carbons (Fsp3) is 0.261. The van der Waals surface area contributed by atoms with Gasteiger partial charge in [-0.05, 0) is 42.8 Å². The first-order valence-electron chi connectivity index (χ1n) is 10.1. The lowest BCUT2D eigenvalue weighted by Gasteiger charge is -2.16. The topological polar surface area (TPSA) is 73.2 Å². The van der Waals surface area contributed by atoms with Crippen molar-refractivity contribution in [3.05, 3.63) is 76.5 Å². The van der Waals surface area contributed by atoms with E-state index in [4.69, 9.17) is 0 Å². The van der Waals surface area contributed by atoms with Gasteiger partial charge in [-0.3, -0.25) is 9.48 Å². The second-order valence-electron chi connectivity index (χ2n) is 7.43. The molecule has 0 spiro atoms. The van der Waals surface area contributed by atoms with Crippen molar-refractivity contribution in [3.63, 3.8) is 0 Å². The molecule has 1 unspecified atom stereocenters. The van der Waals surface area contributed by atoms with E-state index in [1.54, 1.807) is 19.1 Å². The number of benzene rings is 2. The Morgan fingerprint density at radius 2 is 1.77 bits per heavy atom. The quantitative estimate of drug-likeness (QED) is 0.319. The van der Waals surface area contributed by atoms with Gasteiger partial charge < -0.3 is 10.1 Å². The highest BCUT2D eigenvalue weighted by molar-refractivity contribution is 7.99. The monoisotopic (exact) mass is 513 g/mol. The van der Waals surface area contributed by atoms with Gasteiger partial charge in [0, 0.05) is 11.9 Å². The van der Waals surface area contributed by atoms with Crippen LogP contribution >= 0.6 is 11.8 Å². The maximum absolute atomic E-state index is 13.7. The number of nitrogens with zero attached hydrogens (tertiary/aromatic N) is 2. The Kier molecular flexibility index (Phi) is 7.83. The van der Waals surface area contributed by atoms with Crippen molar-refractivity contribution in [1.82, 2.24) is 15.1 Å². The van der Waals surface area contributed by atoms with E-state index in [-0.39, 0.29) is 9.92 Å². The molecule has 0 saturated heterocycles. The van der Waals surface area contributed by atoms with E-state index in [1.165, 1.54) is 38.4 Å². The summed E-state index contributed by atoms with van der Waals surface area (Å²) in [6.07, 6.45) is -7.68. The zero-order valence-corrected chi connectivity index (χ0v) is 19.5. The van der Waals surface area contributed by atoms with Crippen molar-refractivity contribution in [2.75, 3.05) is 7.11 Å². The molecule has 0 bridgehead atoms. The lowest BCUT2D eigenvalue weighted by molar-refractivity contribution is -0.137. The number of ether oxygens (including phenoxy) is 1. The molecule has 3 aromatic rings. The van der Waals surface area contributed by atoms with Crippen molar-refractivity contribution in [3.8, 4) is 0 Å². The van der Waals surface area contributed by atoms with Crippen molar-refractivity contribution in [2.45, 2.75) is 35.5 Å². The molecule has 1 N–H and O–H groups in total. The number of halogens is 5. The minimum absolute atomic E-state index is 0.0367. The van der Waals surface area contributed by atoms with Gasteiger partial charge in [0.15, 0.2) is 0 Å². The van der Waals surface area contributed by atoms with Crippen molar-refractivity contribution in [1.29, 1.82) is 0 Å². The number of aromatic nitrogens is 2. The van der Waals surface area contributed by atoms with Gasteiger partial charge in [-0.15, -0.1) is 0 Å². The summed E-state index contributed by atoms with van der Waals surface area (Å²) in [5.74, 6) is -1.41. The summed E-state index contributed by atoms with van der Waals surface area (Å²) in [6, 6.07) is 9.81. The summed E-state index contributed by atoms with van der Waals surface area (Å²) in [6.45, 7) is 1.61. The lowest BCUT2D eigenvalue weighted by Crippen LogP contribution is -2.27. The highest BCUT2D eigenvalue weighted by Crippen LogP contribution is 2.38. The summed E-state index contributed by atoms with van der Waals surface area (Å²) in [5.41, 5.74) is -1.24. The maximum Gasteiger partial charge on any atom is 0.416 e. The average molecular weight is 513 g/mol. The van der Waals surface area contributed by atoms with Crippen LogP contribution in [0.4, 0.5) is 22.0 Å². The minimum atomic E-state index is -4.59. The van der Waals surface area contributed by atoms with E-state index in [2.05, 4.69) is 15.2 Å². The molecule has 1 amide bonds. The van der Waals surface area contributed by atoms with Crippen molar-refractivity contribution >= 4 is 23.6 Å². The van der Waals surface area contributed by atoms with E-state index in [9.17, 15) is 31.5 Å². The maximum atomic E-state index is 13.7. The number of rotatable bonds is 7. The standard InChI is InChI=1S/C23H20F5N3O3S/c1-12(13-7-9-14(10-8-13)22(33)34-3)29-20(32)17-18(19(24)25)30-31(2)21(17)35-16-6-4-5-15(11-16)23(26,27)28/h4-12,19H,1-3H3,(H,29,32). The molecule has 0 saturated carbocycles. The van der Waals surface area contributed by atoms with E-state index in [1.807, 2.05) is 0 Å². The Morgan fingerprint density at radius 3 is 2.34 bits per heavy atom. The molecule has 3 rings (SSSR count). The largest absolute Gasteiger partial charge is 0.465 e. The van der Waals surface area contributed by atoms with Crippen LogP contribution in [-0.2, 0) is 18.0 Å². The summed E-state index contributed by atoms with van der Waals surface area (Å²) >= 11 is 0.723. The highest BCUT2D eigenvalue weighted by Gasteiger charge is 2.32. The number of methoxy groups -OCH3 is 1. The molecule has 1 heterocycles. The molecule has 0 aliphatic carbocycles. The summed E-state index contributed by atoms with van der Waals surface area (Å²) in [7, 11) is 2.57. The molecule has 186 valence electrons. The van der Waals surface area contributed by atoms with Gasteiger partial charge in [0.2, 0.25) is 0 Å². The third-order valence-electron chi connectivity index (χ3n) is 5.01. The third-order valence-corrected chi connectivity index (χ3v) is 6.16. The Labute approximate surface area is 201 Å². The number of aryl methyl sites for hydroxylation is 1. The van der Waals surface area contributed by atoms with Gasteiger partial charge in [-0.2, -0.15) is 18.3 Å². The minimum Gasteiger partial charge on any atom is -0.465 e. The van der Waals surface area contributed by atoms with Gasteiger partial charge in [0.05, 0.1) is 24.3 Å². The second-order valence-corrected chi connectivity index (χ2v) is 8.49. The van der Waals surface area contributed by atoms with Crippen LogP contribution < -0.4 is 5.32 Å². The van der Waals surface area contributed by atoms with Crippen LogP contribution in [0.15, 0.2) is 58.5 Å². The number of alkyl halides is 5. The summed E-state index contributed by atoms with van der Waals surface area (Å²) in [5, 5.41) is 6.30. The van der Waals surface area contributed by atoms with Gasteiger partial charge in [-0.25, -0.2) is 13.6 Å². The summed E-state index contributed by atoms with van der Waals surface area (Å²) < 4.78 is 72.3. The van der Waals surface area contributed by atoms with E-state index < -0.39 is 47.3 Å². The smallest absolute Gasteiger partial charge is 0.416 e. The normalized spacial score (nSPS) is 12.5. The molecule has 12 heteroatoms. The molecule has 35 heavy (non-hydrogen) atoms. The predicted octanol–water partition coefficient (Wildman–Crippen LogP) is 5.81. The number of carbonyl (C=O) groups excluding carboxylic acids is 2. The molecule has 6 nitrogen and oxygen atoms in total. The molecule has 0 aliphatic heterocycles. The number of carbonyl (C=O) groups is 2. The van der Waals surface area contributed by atoms with Gasteiger partial charge in [-0.1, -0.05) is 30.0 Å². The Balaban J connectivity index is 1.91. The number of amides is 1. The molecule has 0 radical (unpaired) electrons. The fourth-order valence-electron chi connectivity index (χ4n) is 3.24. The zero-order chi connectivity index (χ0) is 25.9. The van der Waals surface area contributed by atoms with E-state index in [0.29, 0.717) is 11.1 Å². The van der Waals surface area contributed by atoms with Crippen LogP contribution in [0.2, 0.25) is 0 Å². The van der Waals surface area contributed by atoms with E-state index in [0.717, 1.165) is 28.6 Å². The van der Waals surface area contributed by atoms with Gasteiger partial charge >= 0.3 is 12.1 Å². The number of hydrogen-bond acceptors (Lipinski definition) is 5. The van der Waals surface area contributed by atoms with Crippen LogP contribution in [-0.4, -0.2) is 28.8 Å². The van der Waals surface area contributed by atoms with Gasteiger partial charge in [0.1, 0.15) is 16.3 Å². The third kappa shape index (κ3) is 5.99. The van der Waals surface area contributed by atoms with Crippen LogP contribution in [0.3, 0.4) is 0 Å². The molecular formula is C23H20F5N3O3S. The molecule has 2 aromatic carbocycles. The molecule has 0 fully saturated rings. The number of nitrogens with one attached hydrogen (secondary N) is 1. The van der Waals surface area contributed by atoms with E-state index >= 15 is 0 Å². The van der Waals surface area contributed by atoms with Crippen LogP contribution in [0.5, 0.6) is 0 Å². The first-order chi connectivity index (χ1) is 16.4. The van der Waals surface area contributed by atoms with Crippen LogP contribution in [0.1, 0.15) is 56.9 Å². The lowest BCUT2D eigenvalue weighted by atomic mass is 10.1. The summed E-state index contributed by atoms with van der Waals surface area (Å²) in [4.78, 5) is 24.7. The average Bonchev–Trinajstić information content (AvgIpc) is 3.14. The predicted molar refractivity (Wildman–Crippen MR) is 117 cm³/mol. The molecule has 1 aromatic heterocycles. The molecule has 0 aliphatic rings. The Morgan fingerprint density at radius 1 is 1.11 bits per heavy atom. The van der Waals surface area contributed by atoms with Crippen LogP contribution in [0, 0.1) is 0 Å². The SMILES string of the molecule is COC(=O)c1ccc(C(C)NC(=O)c2c(C(F)F)nn(C)c2Sc2cccc(C(F)(F)F)c2)cc1. The molecule has 1 atom stereocenters. The fourth-order valence-corrected chi connectivity index (χ4v) is 4.27. The first-order valence-corrected chi connectivity index (χ1v) is 10.9.